The predicted molar refractivity (Wildman–Crippen MR) is 75.6 cm³/mol. The second-order valence-corrected chi connectivity index (χ2v) is 6.15. The summed E-state index contributed by atoms with van der Waals surface area (Å²) in [6, 6.07) is -0.0828. The van der Waals surface area contributed by atoms with Crippen LogP contribution in [0.4, 0.5) is 4.79 Å². The van der Waals surface area contributed by atoms with Gasteiger partial charge in [0.2, 0.25) is 0 Å². The Labute approximate surface area is 125 Å². The zero-order chi connectivity index (χ0) is 16.2. The van der Waals surface area contributed by atoms with Crippen LogP contribution >= 0.6 is 0 Å². The number of carbonyl (C=O) groups is 3. The van der Waals surface area contributed by atoms with Crippen LogP contribution in [-0.4, -0.2) is 66.2 Å². The Bertz CT molecular complexity index is 416. The summed E-state index contributed by atoms with van der Waals surface area (Å²) in [6.07, 6.45) is 0.313. The van der Waals surface area contributed by atoms with E-state index in [1.165, 1.54) is 11.8 Å². The molecule has 1 saturated heterocycles. The van der Waals surface area contributed by atoms with Crippen molar-refractivity contribution in [3.63, 3.8) is 0 Å². The van der Waals surface area contributed by atoms with Gasteiger partial charge in [0.05, 0.1) is 6.04 Å². The lowest BCUT2D eigenvalue weighted by atomic mass is 10.2. The third-order valence-corrected chi connectivity index (χ3v) is 3.16. The molecule has 0 aromatic rings. The molecule has 0 bridgehead atoms. The van der Waals surface area contributed by atoms with E-state index < -0.39 is 11.6 Å². The molecule has 0 spiro atoms. The van der Waals surface area contributed by atoms with Gasteiger partial charge in [0.1, 0.15) is 5.60 Å². The number of rotatable bonds is 3. The summed E-state index contributed by atoms with van der Waals surface area (Å²) in [5.74, 6) is -0.764. The molecule has 2 amide bonds. The minimum absolute atomic E-state index is 0.0828. The van der Waals surface area contributed by atoms with Crippen LogP contribution < -0.4 is 0 Å². The number of likely N-dealkylation sites (N-methyl/N-ethyl adjacent to an activating group) is 1. The normalized spacial score (nSPS) is 18.3. The SMILES string of the molecule is CC(=O)OCC(=O)N(C)[C@@H]1CCN(C(=O)OC(C)(C)C)C1. The molecule has 120 valence electrons. The molecule has 21 heavy (non-hydrogen) atoms. The highest BCUT2D eigenvalue weighted by molar-refractivity contribution is 5.80. The van der Waals surface area contributed by atoms with Crippen LogP contribution in [0.2, 0.25) is 0 Å². The van der Waals surface area contributed by atoms with Gasteiger partial charge in [-0.25, -0.2) is 4.79 Å². The quantitative estimate of drug-likeness (QED) is 0.727. The second-order valence-electron chi connectivity index (χ2n) is 6.15. The minimum Gasteiger partial charge on any atom is -0.456 e. The highest BCUT2D eigenvalue weighted by Gasteiger charge is 2.33. The fraction of sp³-hybridized carbons (Fsp3) is 0.786. The lowest BCUT2D eigenvalue weighted by Crippen LogP contribution is -2.42. The van der Waals surface area contributed by atoms with Crippen LogP contribution in [0.5, 0.6) is 0 Å². The van der Waals surface area contributed by atoms with Crippen molar-refractivity contribution in [1.82, 2.24) is 9.80 Å². The number of hydrogen-bond acceptors (Lipinski definition) is 5. The number of hydrogen-bond donors (Lipinski definition) is 0. The Balaban J connectivity index is 2.48. The van der Waals surface area contributed by atoms with Crippen LogP contribution in [0.25, 0.3) is 0 Å². The molecule has 0 aliphatic carbocycles. The van der Waals surface area contributed by atoms with Gasteiger partial charge in [-0.05, 0) is 27.2 Å². The molecule has 7 nitrogen and oxygen atoms in total. The van der Waals surface area contributed by atoms with Crippen molar-refractivity contribution in [3.05, 3.63) is 0 Å². The number of ether oxygens (including phenoxy) is 2. The predicted octanol–water partition coefficient (Wildman–Crippen LogP) is 1.02. The van der Waals surface area contributed by atoms with E-state index in [4.69, 9.17) is 4.74 Å². The highest BCUT2D eigenvalue weighted by Crippen LogP contribution is 2.18. The van der Waals surface area contributed by atoms with Gasteiger partial charge >= 0.3 is 12.1 Å². The van der Waals surface area contributed by atoms with E-state index >= 15 is 0 Å². The van der Waals surface area contributed by atoms with Gasteiger partial charge in [-0.3, -0.25) is 9.59 Å². The second kappa shape index (κ2) is 6.78. The highest BCUT2D eigenvalue weighted by atomic mass is 16.6. The van der Waals surface area contributed by atoms with Gasteiger partial charge in [0.15, 0.2) is 6.61 Å². The maximum atomic E-state index is 11.9. The number of amides is 2. The van der Waals surface area contributed by atoms with Crippen molar-refractivity contribution in [2.45, 2.75) is 45.8 Å². The van der Waals surface area contributed by atoms with Crippen molar-refractivity contribution < 1.29 is 23.9 Å². The monoisotopic (exact) mass is 300 g/mol. The van der Waals surface area contributed by atoms with Gasteiger partial charge < -0.3 is 19.3 Å². The first-order chi connectivity index (χ1) is 9.60. The first kappa shape index (κ1) is 17.3. The van der Waals surface area contributed by atoms with Crippen molar-refractivity contribution in [3.8, 4) is 0 Å². The number of likely N-dealkylation sites (tertiary alicyclic amines) is 1. The lowest BCUT2D eigenvalue weighted by Gasteiger charge is -2.26. The van der Waals surface area contributed by atoms with E-state index in [1.807, 2.05) is 20.8 Å². The van der Waals surface area contributed by atoms with E-state index in [0.29, 0.717) is 19.5 Å². The molecule has 7 heteroatoms. The van der Waals surface area contributed by atoms with E-state index in [9.17, 15) is 14.4 Å². The molecule has 1 fully saturated rings. The first-order valence-corrected chi connectivity index (χ1v) is 6.97. The zero-order valence-electron chi connectivity index (χ0n) is 13.3. The van der Waals surface area contributed by atoms with Gasteiger partial charge in [0.25, 0.3) is 5.91 Å². The Morgan fingerprint density at radius 3 is 2.43 bits per heavy atom. The third-order valence-electron chi connectivity index (χ3n) is 3.16. The molecule has 0 aromatic heterocycles. The average molecular weight is 300 g/mol. The first-order valence-electron chi connectivity index (χ1n) is 6.97. The fourth-order valence-electron chi connectivity index (χ4n) is 2.02. The topological polar surface area (TPSA) is 76.2 Å². The number of carbonyl (C=O) groups excluding carboxylic acids is 3. The van der Waals surface area contributed by atoms with Crippen LogP contribution in [-0.2, 0) is 19.1 Å². The van der Waals surface area contributed by atoms with Crippen LogP contribution in [0.3, 0.4) is 0 Å². The summed E-state index contributed by atoms with van der Waals surface area (Å²) >= 11 is 0. The van der Waals surface area contributed by atoms with Crippen molar-refractivity contribution in [1.29, 1.82) is 0 Å². The van der Waals surface area contributed by atoms with Crippen molar-refractivity contribution in [2.75, 3.05) is 26.7 Å². The molecule has 1 rings (SSSR count). The molecule has 0 saturated carbocycles. The maximum Gasteiger partial charge on any atom is 0.410 e. The Morgan fingerprint density at radius 2 is 1.90 bits per heavy atom. The molecule has 1 atom stereocenters. The molecular formula is C14H24N2O5. The molecule has 0 radical (unpaired) electrons. The smallest absolute Gasteiger partial charge is 0.410 e. The molecule has 0 N–H and O–H groups in total. The third kappa shape index (κ3) is 5.61. The zero-order valence-corrected chi connectivity index (χ0v) is 13.3. The van der Waals surface area contributed by atoms with Gasteiger partial charge in [0, 0.05) is 27.1 Å². The largest absolute Gasteiger partial charge is 0.456 e. The number of esters is 1. The van der Waals surface area contributed by atoms with Gasteiger partial charge in [-0.2, -0.15) is 0 Å². The molecule has 1 heterocycles. The van der Waals surface area contributed by atoms with Gasteiger partial charge in [-0.1, -0.05) is 0 Å². The van der Waals surface area contributed by atoms with Crippen LogP contribution in [0.1, 0.15) is 34.1 Å². The van der Waals surface area contributed by atoms with Crippen molar-refractivity contribution in [2.24, 2.45) is 0 Å². The Hall–Kier alpha value is -1.79. The lowest BCUT2D eigenvalue weighted by molar-refractivity contribution is -0.150. The van der Waals surface area contributed by atoms with E-state index in [2.05, 4.69) is 4.74 Å². The summed E-state index contributed by atoms with van der Waals surface area (Å²) in [7, 11) is 1.65. The Kier molecular flexibility index (Phi) is 5.57. The van der Waals surface area contributed by atoms with Crippen LogP contribution in [0.15, 0.2) is 0 Å². The molecule has 1 aliphatic heterocycles. The number of nitrogens with zero attached hydrogens (tertiary/aromatic N) is 2. The summed E-state index contributed by atoms with van der Waals surface area (Å²) in [5, 5.41) is 0. The molecule has 0 unspecified atom stereocenters. The summed E-state index contributed by atoms with van der Waals surface area (Å²) in [5.41, 5.74) is -0.535. The standard InChI is InChI=1S/C14H24N2O5/c1-10(17)20-9-12(18)15(5)11-6-7-16(8-11)13(19)21-14(2,3)4/h11H,6-9H2,1-5H3/t11-/m1/s1. The average Bonchev–Trinajstić information content (AvgIpc) is 2.82. The van der Waals surface area contributed by atoms with Crippen molar-refractivity contribution >= 4 is 18.0 Å². The Morgan fingerprint density at radius 1 is 1.29 bits per heavy atom. The molecular weight excluding hydrogens is 276 g/mol. The van der Waals surface area contributed by atoms with Gasteiger partial charge in [-0.15, -0.1) is 0 Å². The maximum absolute atomic E-state index is 11.9. The summed E-state index contributed by atoms with van der Waals surface area (Å²) in [6.45, 7) is 7.40. The fourth-order valence-corrected chi connectivity index (χ4v) is 2.02. The van der Waals surface area contributed by atoms with E-state index in [1.54, 1.807) is 11.9 Å². The minimum atomic E-state index is -0.535. The van der Waals surface area contributed by atoms with Crippen LogP contribution in [0, 0.1) is 0 Å². The molecule has 0 aromatic carbocycles. The van der Waals surface area contributed by atoms with E-state index in [-0.39, 0.29) is 24.6 Å². The molecule has 1 aliphatic rings. The summed E-state index contributed by atoms with van der Waals surface area (Å²) < 4.78 is 9.99. The summed E-state index contributed by atoms with van der Waals surface area (Å²) in [4.78, 5) is 37.6. The van der Waals surface area contributed by atoms with E-state index in [0.717, 1.165) is 0 Å².